The molecule has 0 heterocycles. The van der Waals surface area contributed by atoms with E-state index in [4.69, 9.17) is 0 Å². The summed E-state index contributed by atoms with van der Waals surface area (Å²) in [6.45, 7) is -3.12. The molecule has 0 amide bonds. The van der Waals surface area contributed by atoms with Crippen molar-refractivity contribution >= 4 is 11.6 Å². The molecule has 0 radical (unpaired) electrons. The minimum Gasteiger partial charge on any atom is -0.435 e. The first kappa shape index (κ1) is 15.1. The van der Waals surface area contributed by atoms with Crippen molar-refractivity contribution in [1.82, 2.24) is 0 Å². The van der Waals surface area contributed by atoms with E-state index in [2.05, 4.69) is 4.74 Å². The Hall–Kier alpha value is -1.99. The standard InChI is InChI=1S/C11H7F5O3/c12-10(13)19-7-3-1-2-6(4-7)8(17)5-9(18)11(14,15)16/h1-4,10H,5H2. The number of halogens is 5. The van der Waals surface area contributed by atoms with E-state index in [1.807, 2.05) is 0 Å². The summed E-state index contributed by atoms with van der Waals surface area (Å²) in [7, 11) is 0. The number of hydrogen-bond donors (Lipinski definition) is 0. The van der Waals surface area contributed by atoms with Gasteiger partial charge in [0.2, 0.25) is 5.78 Å². The third-order valence-corrected chi connectivity index (χ3v) is 2.02. The third kappa shape index (κ3) is 4.65. The quantitative estimate of drug-likeness (QED) is 0.473. The average molecular weight is 282 g/mol. The van der Waals surface area contributed by atoms with Gasteiger partial charge in [-0.2, -0.15) is 22.0 Å². The normalized spacial score (nSPS) is 11.5. The second kappa shape index (κ2) is 5.77. The van der Waals surface area contributed by atoms with E-state index in [0.717, 1.165) is 24.3 Å². The third-order valence-electron chi connectivity index (χ3n) is 2.02. The first-order chi connectivity index (χ1) is 8.70. The summed E-state index contributed by atoms with van der Waals surface area (Å²) in [5.74, 6) is -3.69. The number of benzene rings is 1. The Morgan fingerprint density at radius 3 is 2.37 bits per heavy atom. The number of alkyl halides is 5. The molecule has 0 N–H and O–H groups in total. The van der Waals surface area contributed by atoms with Crippen LogP contribution >= 0.6 is 0 Å². The fourth-order valence-electron chi connectivity index (χ4n) is 1.19. The molecule has 0 aliphatic rings. The van der Waals surface area contributed by atoms with Gasteiger partial charge in [-0.1, -0.05) is 12.1 Å². The van der Waals surface area contributed by atoms with Crippen LogP contribution in [0.1, 0.15) is 16.8 Å². The molecular formula is C11H7F5O3. The van der Waals surface area contributed by atoms with Crippen molar-refractivity contribution in [2.75, 3.05) is 0 Å². The van der Waals surface area contributed by atoms with Gasteiger partial charge in [0.25, 0.3) is 0 Å². The van der Waals surface area contributed by atoms with Gasteiger partial charge >= 0.3 is 12.8 Å². The molecule has 0 fully saturated rings. The lowest BCUT2D eigenvalue weighted by atomic mass is 10.1. The lowest BCUT2D eigenvalue weighted by molar-refractivity contribution is -0.170. The maximum Gasteiger partial charge on any atom is 0.450 e. The maximum absolute atomic E-state index is 12.0. The minimum atomic E-state index is -5.10. The summed E-state index contributed by atoms with van der Waals surface area (Å²) >= 11 is 0. The second-order valence-electron chi connectivity index (χ2n) is 3.43. The molecule has 1 aromatic carbocycles. The van der Waals surface area contributed by atoms with Crippen LogP contribution in [0.2, 0.25) is 0 Å². The number of carbonyl (C=O) groups is 2. The molecule has 104 valence electrons. The highest BCUT2D eigenvalue weighted by molar-refractivity contribution is 6.09. The van der Waals surface area contributed by atoms with Crippen molar-refractivity contribution in [2.45, 2.75) is 19.2 Å². The summed E-state index contributed by atoms with van der Waals surface area (Å²) in [5, 5.41) is 0. The Labute approximate surface area is 104 Å². The average Bonchev–Trinajstić information content (AvgIpc) is 2.27. The number of ether oxygens (including phenoxy) is 1. The van der Waals surface area contributed by atoms with Crippen LogP contribution in [0, 0.1) is 0 Å². The smallest absolute Gasteiger partial charge is 0.435 e. The van der Waals surface area contributed by atoms with Crippen molar-refractivity contribution < 1.29 is 36.3 Å². The lowest BCUT2D eigenvalue weighted by Crippen LogP contribution is -2.25. The number of hydrogen-bond acceptors (Lipinski definition) is 3. The molecule has 8 heteroatoms. The molecule has 0 saturated heterocycles. The molecule has 1 rings (SSSR count). The van der Waals surface area contributed by atoms with Gasteiger partial charge in [0.05, 0.1) is 6.42 Å². The number of rotatable bonds is 5. The highest BCUT2D eigenvalue weighted by Gasteiger charge is 2.39. The monoisotopic (exact) mass is 282 g/mol. The summed E-state index contributed by atoms with van der Waals surface area (Å²) in [4.78, 5) is 22.0. The van der Waals surface area contributed by atoms with E-state index in [1.165, 1.54) is 0 Å². The molecule has 0 aromatic heterocycles. The molecule has 1 aromatic rings. The van der Waals surface area contributed by atoms with Gasteiger partial charge in [-0.3, -0.25) is 9.59 Å². The first-order valence-corrected chi connectivity index (χ1v) is 4.88. The van der Waals surface area contributed by atoms with E-state index in [0.29, 0.717) is 0 Å². The van der Waals surface area contributed by atoms with Gasteiger partial charge < -0.3 is 4.74 Å². The molecule has 0 aliphatic carbocycles. The molecule has 0 saturated carbocycles. The predicted molar refractivity (Wildman–Crippen MR) is 53.1 cm³/mol. The fraction of sp³-hybridized carbons (Fsp3) is 0.273. The molecule has 19 heavy (non-hydrogen) atoms. The van der Waals surface area contributed by atoms with Crippen molar-refractivity contribution in [3.8, 4) is 5.75 Å². The summed E-state index contributed by atoms with van der Waals surface area (Å²) in [5.41, 5.74) is -0.309. The van der Waals surface area contributed by atoms with Gasteiger partial charge in [0, 0.05) is 5.56 Å². The molecule has 0 spiro atoms. The summed E-state index contributed by atoms with van der Waals surface area (Å²) in [6, 6.07) is 4.21. The van der Waals surface area contributed by atoms with Crippen molar-refractivity contribution in [2.24, 2.45) is 0 Å². The van der Waals surface area contributed by atoms with Crippen LogP contribution in [-0.4, -0.2) is 24.4 Å². The van der Waals surface area contributed by atoms with Crippen LogP contribution in [0.4, 0.5) is 22.0 Å². The van der Waals surface area contributed by atoms with Crippen LogP contribution in [0.5, 0.6) is 5.75 Å². The van der Waals surface area contributed by atoms with Crippen LogP contribution in [-0.2, 0) is 4.79 Å². The molecule has 0 aliphatic heterocycles. The Morgan fingerprint density at radius 2 is 1.84 bits per heavy atom. The van der Waals surface area contributed by atoms with Crippen molar-refractivity contribution in [3.05, 3.63) is 29.8 Å². The van der Waals surface area contributed by atoms with Crippen molar-refractivity contribution in [1.29, 1.82) is 0 Å². The SMILES string of the molecule is O=C(CC(=O)C(F)(F)F)c1cccc(OC(F)F)c1. The van der Waals surface area contributed by atoms with Gasteiger partial charge in [-0.25, -0.2) is 0 Å². The predicted octanol–water partition coefficient (Wildman–Crippen LogP) is 2.99. The van der Waals surface area contributed by atoms with Gasteiger partial charge in [-0.15, -0.1) is 0 Å². The van der Waals surface area contributed by atoms with E-state index in [9.17, 15) is 31.5 Å². The van der Waals surface area contributed by atoms with Crippen LogP contribution in [0.3, 0.4) is 0 Å². The molecular weight excluding hydrogens is 275 g/mol. The first-order valence-electron chi connectivity index (χ1n) is 4.88. The Bertz CT molecular complexity index is 481. The largest absolute Gasteiger partial charge is 0.450 e. The highest BCUT2D eigenvalue weighted by Crippen LogP contribution is 2.21. The topological polar surface area (TPSA) is 43.4 Å². The summed E-state index contributed by atoms with van der Waals surface area (Å²) in [6.07, 6.45) is -6.48. The number of Topliss-reactive ketones (excluding diaryl/α,β-unsaturated/α-hetero) is 2. The van der Waals surface area contributed by atoms with E-state index in [-0.39, 0.29) is 11.3 Å². The Morgan fingerprint density at radius 1 is 1.21 bits per heavy atom. The van der Waals surface area contributed by atoms with Crippen molar-refractivity contribution in [3.63, 3.8) is 0 Å². The summed E-state index contributed by atoms with van der Waals surface area (Å²) < 4.78 is 63.7. The number of carbonyl (C=O) groups excluding carboxylic acids is 2. The maximum atomic E-state index is 12.0. The zero-order valence-electron chi connectivity index (χ0n) is 9.21. The second-order valence-corrected chi connectivity index (χ2v) is 3.43. The zero-order valence-corrected chi connectivity index (χ0v) is 9.21. The van der Waals surface area contributed by atoms with E-state index < -0.39 is 30.8 Å². The van der Waals surface area contributed by atoms with E-state index >= 15 is 0 Å². The molecule has 0 atom stereocenters. The molecule has 0 unspecified atom stereocenters. The minimum absolute atomic E-state index is 0.309. The fourth-order valence-corrected chi connectivity index (χ4v) is 1.19. The Kier molecular flexibility index (Phi) is 4.57. The Balaban J connectivity index is 2.80. The van der Waals surface area contributed by atoms with Gasteiger partial charge in [0.15, 0.2) is 5.78 Å². The lowest BCUT2D eigenvalue weighted by Gasteiger charge is -2.07. The zero-order chi connectivity index (χ0) is 14.6. The van der Waals surface area contributed by atoms with E-state index in [1.54, 1.807) is 0 Å². The molecule has 3 nitrogen and oxygen atoms in total. The van der Waals surface area contributed by atoms with Crippen LogP contribution in [0.25, 0.3) is 0 Å². The number of ketones is 2. The van der Waals surface area contributed by atoms with Crippen LogP contribution < -0.4 is 4.74 Å². The van der Waals surface area contributed by atoms with Gasteiger partial charge in [0.1, 0.15) is 5.75 Å². The highest BCUT2D eigenvalue weighted by atomic mass is 19.4. The molecule has 0 bridgehead atoms. The van der Waals surface area contributed by atoms with Gasteiger partial charge in [-0.05, 0) is 12.1 Å². The van der Waals surface area contributed by atoms with Crippen LogP contribution in [0.15, 0.2) is 24.3 Å².